The lowest BCUT2D eigenvalue weighted by atomic mass is 9.75. The van der Waals surface area contributed by atoms with Gasteiger partial charge in [0.05, 0.1) is 11.8 Å². The van der Waals surface area contributed by atoms with Crippen molar-refractivity contribution in [3.05, 3.63) is 12.2 Å². The lowest BCUT2D eigenvalue weighted by molar-refractivity contribution is 0.191. The van der Waals surface area contributed by atoms with Crippen molar-refractivity contribution in [3.8, 4) is 6.07 Å². The van der Waals surface area contributed by atoms with Gasteiger partial charge in [0.1, 0.15) is 5.41 Å². The molecule has 0 spiro atoms. The predicted molar refractivity (Wildman–Crippen MR) is 67.6 cm³/mol. The van der Waals surface area contributed by atoms with E-state index in [9.17, 15) is 5.26 Å². The quantitative estimate of drug-likeness (QED) is 0.683. The van der Waals surface area contributed by atoms with Crippen LogP contribution in [0.25, 0.3) is 0 Å². The molecule has 1 rings (SSSR count). The van der Waals surface area contributed by atoms with Gasteiger partial charge in [-0.3, -0.25) is 4.99 Å². The van der Waals surface area contributed by atoms with E-state index in [1.807, 2.05) is 19.1 Å². The van der Waals surface area contributed by atoms with E-state index >= 15 is 0 Å². The van der Waals surface area contributed by atoms with Crippen molar-refractivity contribution in [1.29, 1.82) is 5.26 Å². The van der Waals surface area contributed by atoms with Gasteiger partial charge < -0.3 is 4.90 Å². The van der Waals surface area contributed by atoms with Crippen molar-refractivity contribution in [2.45, 2.75) is 26.7 Å². The SMILES string of the molecule is CC=CC(=NC)C1(C#N)CCN(CC)CC1. The average Bonchev–Trinajstić information content (AvgIpc) is 2.36. The van der Waals surface area contributed by atoms with E-state index in [2.05, 4.69) is 22.9 Å². The van der Waals surface area contributed by atoms with Gasteiger partial charge in [-0.2, -0.15) is 5.26 Å². The van der Waals surface area contributed by atoms with Crippen LogP contribution >= 0.6 is 0 Å². The molecule has 0 atom stereocenters. The van der Waals surface area contributed by atoms with Gasteiger partial charge in [0, 0.05) is 20.1 Å². The van der Waals surface area contributed by atoms with Crippen LogP contribution in [0, 0.1) is 16.7 Å². The minimum absolute atomic E-state index is 0.354. The van der Waals surface area contributed by atoms with Gasteiger partial charge >= 0.3 is 0 Å². The van der Waals surface area contributed by atoms with Gasteiger partial charge in [-0.25, -0.2) is 0 Å². The number of nitrogens with zero attached hydrogens (tertiary/aromatic N) is 3. The molecule has 16 heavy (non-hydrogen) atoms. The van der Waals surface area contributed by atoms with Gasteiger partial charge in [0.2, 0.25) is 0 Å². The fourth-order valence-electron chi connectivity index (χ4n) is 2.28. The summed E-state index contributed by atoms with van der Waals surface area (Å²) in [6.07, 6.45) is 5.74. The fraction of sp³-hybridized carbons (Fsp3) is 0.692. The summed E-state index contributed by atoms with van der Waals surface area (Å²) in [6.45, 7) is 7.21. The molecule has 3 nitrogen and oxygen atoms in total. The van der Waals surface area contributed by atoms with Crippen LogP contribution in [0.5, 0.6) is 0 Å². The molecular weight excluding hydrogens is 198 g/mol. The highest BCUT2D eigenvalue weighted by molar-refractivity contribution is 6.01. The van der Waals surface area contributed by atoms with Crippen LogP contribution in [0.3, 0.4) is 0 Å². The van der Waals surface area contributed by atoms with Gasteiger partial charge in [0.15, 0.2) is 0 Å². The molecule has 1 aliphatic rings. The van der Waals surface area contributed by atoms with Crippen molar-refractivity contribution >= 4 is 5.71 Å². The second-order valence-corrected chi connectivity index (χ2v) is 4.24. The van der Waals surface area contributed by atoms with E-state index < -0.39 is 0 Å². The second-order valence-electron chi connectivity index (χ2n) is 4.24. The summed E-state index contributed by atoms with van der Waals surface area (Å²) in [5.41, 5.74) is 0.584. The first-order valence-corrected chi connectivity index (χ1v) is 5.96. The molecule has 1 heterocycles. The summed E-state index contributed by atoms with van der Waals surface area (Å²) >= 11 is 0. The predicted octanol–water partition coefficient (Wildman–Crippen LogP) is 2.26. The molecule has 1 aliphatic heterocycles. The number of rotatable bonds is 3. The Morgan fingerprint density at radius 1 is 1.50 bits per heavy atom. The number of piperidine rings is 1. The summed E-state index contributed by atoms with van der Waals surface area (Å²) in [7, 11) is 1.78. The summed E-state index contributed by atoms with van der Waals surface area (Å²) in [6, 6.07) is 2.49. The van der Waals surface area contributed by atoms with Crippen molar-refractivity contribution < 1.29 is 0 Å². The zero-order valence-electron chi connectivity index (χ0n) is 10.5. The molecule has 3 heteroatoms. The maximum atomic E-state index is 9.45. The lowest BCUT2D eigenvalue weighted by Crippen LogP contribution is -2.43. The van der Waals surface area contributed by atoms with Crippen molar-refractivity contribution in [2.24, 2.45) is 10.4 Å². The number of likely N-dealkylation sites (tertiary alicyclic amines) is 1. The number of aliphatic imine (C=N–C) groups is 1. The van der Waals surface area contributed by atoms with Crippen LogP contribution in [0.15, 0.2) is 17.1 Å². The van der Waals surface area contributed by atoms with Crippen molar-refractivity contribution in [2.75, 3.05) is 26.7 Å². The molecular formula is C13H21N3. The minimum atomic E-state index is -0.354. The number of hydrogen-bond acceptors (Lipinski definition) is 3. The van der Waals surface area contributed by atoms with E-state index in [4.69, 9.17) is 0 Å². The van der Waals surface area contributed by atoms with E-state index in [1.54, 1.807) is 7.05 Å². The van der Waals surface area contributed by atoms with Gasteiger partial charge in [-0.1, -0.05) is 13.0 Å². The maximum absolute atomic E-state index is 9.45. The second kappa shape index (κ2) is 5.81. The first kappa shape index (κ1) is 12.9. The highest BCUT2D eigenvalue weighted by atomic mass is 15.1. The summed E-state index contributed by atoms with van der Waals surface area (Å²) < 4.78 is 0. The molecule has 0 aromatic rings. The highest BCUT2D eigenvalue weighted by Crippen LogP contribution is 2.33. The smallest absolute Gasteiger partial charge is 0.101 e. The third-order valence-corrected chi connectivity index (χ3v) is 3.43. The van der Waals surface area contributed by atoms with Gasteiger partial charge in [-0.05, 0) is 32.4 Å². The van der Waals surface area contributed by atoms with Crippen molar-refractivity contribution in [1.82, 2.24) is 4.90 Å². The Labute approximate surface area is 98.5 Å². The monoisotopic (exact) mass is 219 g/mol. The topological polar surface area (TPSA) is 39.4 Å². The van der Waals surface area contributed by atoms with E-state index in [0.717, 1.165) is 38.2 Å². The van der Waals surface area contributed by atoms with Gasteiger partial charge in [0.25, 0.3) is 0 Å². The summed E-state index contributed by atoms with van der Waals surface area (Å²) in [4.78, 5) is 6.67. The molecule has 0 bridgehead atoms. The molecule has 0 aromatic carbocycles. The standard InChI is InChI=1S/C13H21N3/c1-4-6-12(15-3)13(11-14)7-9-16(5-2)10-8-13/h4,6H,5,7-10H2,1-3H3. The van der Waals surface area contributed by atoms with E-state index in [-0.39, 0.29) is 5.41 Å². The first-order valence-electron chi connectivity index (χ1n) is 5.96. The number of allylic oxidation sites excluding steroid dienone is 2. The molecule has 0 aliphatic carbocycles. The molecule has 1 fully saturated rings. The van der Waals surface area contributed by atoms with Crippen molar-refractivity contribution in [3.63, 3.8) is 0 Å². The molecule has 0 amide bonds. The van der Waals surface area contributed by atoms with Gasteiger partial charge in [-0.15, -0.1) is 0 Å². The summed E-state index contributed by atoms with van der Waals surface area (Å²) in [5.74, 6) is 0. The average molecular weight is 219 g/mol. The fourth-order valence-corrected chi connectivity index (χ4v) is 2.28. The highest BCUT2D eigenvalue weighted by Gasteiger charge is 2.37. The zero-order valence-corrected chi connectivity index (χ0v) is 10.5. The largest absolute Gasteiger partial charge is 0.303 e. The lowest BCUT2D eigenvalue weighted by Gasteiger charge is -2.36. The molecule has 1 saturated heterocycles. The first-order chi connectivity index (χ1) is 7.72. The third kappa shape index (κ3) is 2.51. The molecule has 0 radical (unpaired) electrons. The van der Waals surface area contributed by atoms with E-state index in [0.29, 0.717) is 0 Å². The Balaban J connectivity index is 2.85. The molecule has 0 N–H and O–H groups in total. The molecule has 0 aromatic heterocycles. The molecule has 88 valence electrons. The van der Waals surface area contributed by atoms with Crippen LogP contribution < -0.4 is 0 Å². The number of nitriles is 1. The Morgan fingerprint density at radius 2 is 2.12 bits per heavy atom. The van der Waals surface area contributed by atoms with Crippen LogP contribution in [0.2, 0.25) is 0 Å². The Kier molecular flexibility index (Phi) is 4.70. The Morgan fingerprint density at radius 3 is 2.50 bits per heavy atom. The molecule has 0 saturated carbocycles. The zero-order chi connectivity index (χ0) is 12.0. The van der Waals surface area contributed by atoms with Crippen LogP contribution in [0.1, 0.15) is 26.7 Å². The molecule has 0 unspecified atom stereocenters. The van der Waals surface area contributed by atoms with Crippen LogP contribution in [0.4, 0.5) is 0 Å². The van der Waals surface area contributed by atoms with Crippen LogP contribution in [-0.2, 0) is 0 Å². The maximum Gasteiger partial charge on any atom is 0.101 e. The van der Waals surface area contributed by atoms with E-state index in [1.165, 1.54) is 0 Å². The normalized spacial score (nSPS) is 22.2. The summed E-state index contributed by atoms with van der Waals surface area (Å²) in [5, 5.41) is 9.45. The third-order valence-electron chi connectivity index (χ3n) is 3.43. The minimum Gasteiger partial charge on any atom is -0.303 e. The van der Waals surface area contributed by atoms with Crippen LogP contribution in [-0.4, -0.2) is 37.3 Å². The number of hydrogen-bond donors (Lipinski definition) is 0. The Bertz CT molecular complexity index is 315. The Hall–Kier alpha value is -1.14.